The van der Waals surface area contributed by atoms with E-state index in [-0.39, 0.29) is 0 Å². The minimum atomic E-state index is 0.294. The molecule has 1 aliphatic heterocycles. The summed E-state index contributed by atoms with van der Waals surface area (Å²) in [4.78, 5) is 4.90. The predicted molar refractivity (Wildman–Crippen MR) is 65.0 cm³/mol. The van der Waals surface area contributed by atoms with Gasteiger partial charge in [0.2, 0.25) is 0 Å². The van der Waals surface area contributed by atoms with Crippen molar-refractivity contribution in [3.05, 3.63) is 0 Å². The number of rotatable bonds is 3. The molecule has 1 saturated carbocycles. The maximum absolute atomic E-state index is 9.18. The second-order valence-corrected chi connectivity index (χ2v) is 5.53. The molecule has 0 aromatic carbocycles. The molecule has 0 amide bonds. The molecule has 0 aromatic heterocycles. The summed E-state index contributed by atoms with van der Waals surface area (Å²) >= 11 is 0. The summed E-state index contributed by atoms with van der Waals surface area (Å²) in [6.07, 6.45) is 6.22. The van der Waals surface area contributed by atoms with Crippen molar-refractivity contribution >= 4 is 0 Å². The van der Waals surface area contributed by atoms with Crippen LogP contribution in [0.25, 0.3) is 0 Å². The van der Waals surface area contributed by atoms with Crippen LogP contribution < -0.4 is 0 Å². The van der Waals surface area contributed by atoms with Gasteiger partial charge in [-0.3, -0.25) is 4.90 Å². The fourth-order valence-electron chi connectivity index (χ4n) is 3.40. The Labute approximate surface area is 99.0 Å². The summed E-state index contributed by atoms with van der Waals surface area (Å²) < 4.78 is 0. The average Bonchev–Trinajstić information content (AvgIpc) is 2.83. The van der Waals surface area contributed by atoms with E-state index in [4.69, 9.17) is 0 Å². The lowest BCUT2D eigenvalue weighted by Crippen LogP contribution is -2.45. The second kappa shape index (κ2) is 5.16. The molecule has 0 spiro atoms. The van der Waals surface area contributed by atoms with Gasteiger partial charge in [-0.05, 0) is 46.3 Å². The van der Waals surface area contributed by atoms with Gasteiger partial charge < -0.3 is 4.90 Å². The van der Waals surface area contributed by atoms with Crippen molar-refractivity contribution in [2.24, 2.45) is 5.92 Å². The maximum Gasteiger partial charge on any atom is 0.0672 e. The van der Waals surface area contributed by atoms with Gasteiger partial charge in [0.1, 0.15) is 0 Å². The van der Waals surface area contributed by atoms with E-state index in [9.17, 15) is 5.26 Å². The van der Waals surface area contributed by atoms with Gasteiger partial charge in [-0.15, -0.1) is 0 Å². The molecule has 0 N–H and O–H groups in total. The van der Waals surface area contributed by atoms with E-state index in [1.54, 1.807) is 0 Å². The fraction of sp³-hybridized carbons (Fsp3) is 0.923. The first kappa shape index (κ1) is 11.9. The van der Waals surface area contributed by atoms with Gasteiger partial charge in [-0.2, -0.15) is 5.26 Å². The van der Waals surface area contributed by atoms with Crippen LogP contribution in [0.15, 0.2) is 0 Å². The van der Waals surface area contributed by atoms with Crippen molar-refractivity contribution in [2.45, 2.75) is 44.2 Å². The highest BCUT2D eigenvalue weighted by molar-refractivity contribution is 5.00. The van der Waals surface area contributed by atoms with E-state index in [0.717, 1.165) is 13.0 Å². The number of hydrogen-bond acceptors (Lipinski definition) is 3. The highest BCUT2D eigenvalue weighted by atomic mass is 15.2. The minimum Gasteiger partial charge on any atom is -0.308 e. The summed E-state index contributed by atoms with van der Waals surface area (Å²) in [5, 5.41) is 9.18. The van der Waals surface area contributed by atoms with Crippen LogP contribution in [0.3, 0.4) is 0 Å². The van der Waals surface area contributed by atoms with Gasteiger partial charge in [0.15, 0.2) is 0 Å². The molecule has 2 fully saturated rings. The molecule has 3 nitrogen and oxygen atoms in total. The zero-order valence-electron chi connectivity index (χ0n) is 10.5. The van der Waals surface area contributed by atoms with Crippen LogP contribution in [0, 0.1) is 17.2 Å². The van der Waals surface area contributed by atoms with Gasteiger partial charge in [-0.25, -0.2) is 0 Å². The third kappa shape index (κ3) is 2.39. The molecule has 2 aliphatic rings. The van der Waals surface area contributed by atoms with E-state index in [1.165, 1.54) is 32.2 Å². The molecule has 16 heavy (non-hydrogen) atoms. The molecule has 1 aliphatic carbocycles. The Bertz CT molecular complexity index is 269. The first-order valence-corrected chi connectivity index (χ1v) is 6.52. The molecular weight excluding hydrogens is 198 g/mol. The van der Waals surface area contributed by atoms with Crippen molar-refractivity contribution < 1.29 is 0 Å². The lowest BCUT2D eigenvalue weighted by atomic mass is 10.0. The van der Waals surface area contributed by atoms with Gasteiger partial charge in [-0.1, -0.05) is 6.42 Å². The smallest absolute Gasteiger partial charge is 0.0672 e. The molecule has 0 bridgehead atoms. The predicted octanol–water partition coefficient (Wildman–Crippen LogP) is 1.70. The van der Waals surface area contributed by atoms with E-state index >= 15 is 0 Å². The molecule has 3 heteroatoms. The Kier molecular flexibility index (Phi) is 3.83. The zero-order valence-corrected chi connectivity index (χ0v) is 10.5. The van der Waals surface area contributed by atoms with E-state index in [0.29, 0.717) is 18.0 Å². The standard InChI is InChI=1S/C13H23N3/c1-15(2)10-12-6-4-8-16(12)13-7-3-5-11(13)9-14/h11-13H,3-8,10H2,1-2H3. The normalized spacial score (nSPS) is 35.8. The molecule has 1 saturated heterocycles. The number of hydrogen-bond donors (Lipinski definition) is 0. The molecule has 0 radical (unpaired) electrons. The van der Waals surface area contributed by atoms with Crippen molar-refractivity contribution in [2.75, 3.05) is 27.2 Å². The van der Waals surface area contributed by atoms with Crippen LogP contribution in [0.5, 0.6) is 0 Å². The topological polar surface area (TPSA) is 30.3 Å². The Hall–Kier alpha value is -0.590. The van der Waals surface area contributed by atoms with Crippen LogP contribution in [0.4, 0.5) is 0 Å². The molecule has 0 aromatic rings. The van der Waals surface area contributed by atoms with Gasteiger partial charge in [0.05, 0.1) is 12.0 Å². The lowest BCUT2D eigenvalue weighted by Gasteiger charge is -2.33. The van der Waals surface area contributed by atoms with Gasteiger partial charge in [0.25, 0.3) is 0 Å². The van der Waals surface area contributed by atoms with Crippen molar-refractivity contribution in [1.82, 2.24) is 9.80 Å². The maximum atomic E-state index is 9.18. The van der Waals surface area contributed by atoms with Gasteiger partial charge in [0, 0.05) is 18.6 Å². The second-order valence-electron chi connectivity index (χ2n) is 5.53. The first-order chi connectivity index (χ1) is 7.72. The molecule has 3 atom stereocenters. The van der Waals surface area contributed by atoms with Crippen molar-refractivity contribution in [3.63, 3.8) is 0 Å². The SMILES string of the molecule is CN(C)CC1CCCN1C1CCCC1C#N. The highest BCUT2D eigenvalue weighted by Gasteiger charge is 2.37. The molecule has 90 valence electrons. The summed E-state index contributed by atoms with van der Waals surface area (Å²) in [5.74, 6) is 0.294. The number of nitrogens with zero attached hydrogens (tertiary/aromatic N) is 3. The minimum absolute atomic E-state index is 0.294. The molecule has 3 unspecified atom stereocenters. The monoisotopic (exact) mass is 221 g/mol. The number of likely N-dealkylation sites (N-methyl/N-ethyl adjacent to an activating group) is 1. The largest absolute Gasteiger partial charge is 0.308 e. The lowest BCUT2D eigenvalue weighted by molar-refractivity contribution is 0.139. The van der Waals surface area contributed by atoms with Crippen molar-refractivity contribution in [3.8, 4) is 6.07 Å². The number of likely N-dealkylation sites (tertiary alicyclic amines) is 1. The Morgan fingerprint density at radius 3 is 2.75 bits per heavy atom. The summed E-state index contributed by atoms with van der Waals surface area (Å²) in [6.45, 7) is 2.36. The quantitative estimate of drug-likeness (QED) is 0.726. The average molecular weight is 221 g/mol. The zero-order chi connectivity index (χ0) is 11.5. The highest BCUT2D eigenvalue weighted by Crippen LogP contribution is 2.34. The summed E-state index contributed by atoms with van der Waals surface area (Å²) in [7, 11) is 4.29. The van der Waals surface area contributed by atoms with Crippen LogP contribution in [-0.2, 0) is 0 Å². The van der Waals surface area contributed by atoms with E-state index in [2.05, 4.69) is 30.0 Å². The van der Waals surface area contributed by atoms with Crippen LogP contribution in [0.1, 0.15) is 32.1 Å². The molecule has 1 heterocycles. The number of nitriles is 1. The third-order valence-corrected chi connectivity index (χ3v) is 4.07. The molecular formula is C13H23N3. The van der Waals surface area contributed by atoms with Crippen molar-refractivity contribution in [1.29, 1.82) is 5.26 Å². The summed E-state index contributed by atoms with van der Waals surface area (Å²) in [5.41, 5.74) is 0. The summed E-state index contributed by atoms with van der Waals surface area (Å²) in [6, 6.07) is 3.75. The third-order valence-electron chi connectivity index (χ3n) is 4.07. The van der Waals surface area contributed by atoms with Crippen LogP contribution in [-0.4, -0.2) is 49.1 Å². The van der Waals surface area contributed by atoms with Crippen LogP contribution >= 0.6 is 0 Å². The Balaban J connectivity index is 1.99. The van der Waals surface area contributed by atoms with Gasteiger partial charge >= 0.3 is 0 Å². The Morgan fingerprint density at radius 2 is 2.06 bits per heavy atom. The van der Waals surface area contributed by atoms with E-state index < -0.39 is 0 Å². The fourth-order valence-corrected chi connectivity index (χ4v) is 3.40. The Morgan fingerprint density at radius 1 is 1.25 bits per heavy atom. The van der Waals surface area contributed by atoms with Crippen LogP contribution in [0.2, 0.25) is 0 Å². The molecule has 2 rings (SSSR count). The first-order valence-electron chi connectivity index (χ1n) is 6.52. The van der Waals surface area contributed by atoms with E-state index in [1.807, 2.05) is 0 Å².